The fraction of sp³-hybridized carbons (Fsp3) is 0.263. The number of aryl methyl sites for hydroxylation is 1. The van der Waals surface area contributed by atoms with E-state index >= 15 is 0 Å². The van der Waals surface area contributed by atoms with Crippen molar-refractivity contribution >= 4 is 40.2 Å². The molecule has 0 spiro atoms. The van der Waals surface area contributed by atoms with Gasteiger partial charge in [0.15, 0.2) is 11.5 Å². The molecule has 3 aromatic rings. The van der Waals surface area contributed by atoms with Crippen LogP contribution in [0.3, 0.4) is 0 Å². The molecule has 27 heavy (non-hydrogen) atoms. The predicted molar refractivity (Wildman–Crippen MR) is 106 cm³/mol. The summed E-state index contributed by atoms with van der Waals surface area (Å²) in [5.41, 5.74) is 2.43. The van der Waals surface area contributed by atoms with Gasteiger partial charge in [-0.3, -0.25) is 0 Å². The van der Waals surface area contributed by atoms with E-state index in [1.54, 1.807) is 23.5 Å². The molecule has 1 aliphatic rings. The lowest BCUT2D eigenvalue weighted by Gasteiger charge is -2.11. The third-order valence-corrected chi connectivity index (χ3v) is 6.13. The minimum Gasteiger partial charge on any atom is -0.489 e. The number of rotatable bonds is 4. The Kier molecular flexibility index (Phi) is 5.33. The van der Waals surface area contributed by atoms with Crippen LogP contribution in [0.4, 0.5) is 0 Å². The summed E-state index contributed by atoms with van der Waals surface area (Å²) in [5, 5.41) is 5.26. The van der Waals surface area contributed by atoms with Crippen LogP contribution in [0.1, 0.15) is 27.3 Å². The van der Waals surface area contributed by atoms with Crippen LogP contribution < -0.4 is 9.47 Å². The Balaban J connectivity index is 1.48. The summed E-state index contributed by atoms with van der Waals surface area (Å²) in [4.78, 5) is 17.5. The average molecular weight is 422 g/mol. The molecule has 0 saturated heterocycles. The lowest BCUT2D eigenvalue weighted by Crippen LogP contribution is -2.05. The molecule has 0 saturated carbocycles. The van der Waals surface area contributed by atoms with Crippen molar-refractivity contribution < 1.29 is 19.0 Å². The van der Waals surface area contributed by atoms with Crippen LogP contribution >= 0.6 is 34.3 Å². The van der Waals surface area contributed by atoms with Crippen molar-refractivity contribution in [3.8, 4) is 22.1 Å². The first kappa shape index (κ1) is 18.3. The SMILES string of the molecule is Cc1nc(-c2ccsc2)sc1C(=O)OCc1cc(Cl)c2c(c1)OCCCO2. The fourth-order valence-electron chi connectivity index (χ4n) is 2.68. The standard InChI is InChI=1S/C19H16ClNO4S2/c1-11-17(27-18(21-11)13-3-6-26-10-13)19(22)25-9-12-7-14(20)16-15(8-12)23-4-2-5-24-16/h3,6-8,10H,2,4-5,9H2,1H3. The van der Waals surface area contributed by atoms with Crippen LogP contribution in [0.5, 0.6) is 11.5 Å². The first-order chi connectivity index (χ1) is 13.1. The minimum atomic E-state index is -0.394. The van der Waals surface area contributed by atoms with Gasteiger partial charge in [-0.1, -0.05) is 11.6 Å². The molecule has 5 nitrogen and oxygen atoms in total. The number of thiophene rings is 1. The highest BCUT2D eigenvalue weighted by Gasteiger charge is 2.20. The van der Waals surface area contributed by atoms with E-state index in [1.165, 1.54) is 11.3 Å². The zero-order valence-corrected chi connectivity index (χ0v) is 16.9. The molecule has 2 aromatic heterocycles. The molecule has 1 aliphatic heterocycles. The van der Waals surface area contributed by atoms with Crippen LogP contribution in [0.25, 0.3) is 10.6 Å². The topological polar surface area (TPSA) is 57.7 Å². The van der Waals surface area contributed by atoms with Crippen molar-refractivity contribution in [2.45, 2.75) is 20.0 Å². The summed E-state index contributed by atoms with van der Waals surface area (Å²) >= 11 is 9.22. The van der Waals surface area contributed by atoms with Gasteiger partial charge in [0.2, 0.25) is 0 Å². The van der Waals surface area contributed by atoms with E-state index in [2.05, 4.69) is 4.98 Å². The number of hydrogen-bond donors (Lipinski definition) is 0. The molecule has 0 atom stereocenters. The molecule has 4 rings (SSSR count). The van der Waals surface area contributed by atoms with Gasteiger partial charge in [0, 0.05) is 17.4 Å². The Morgan fingerprint density at radius 2 is 2.19 bits per heavy atom. The largest absolute Gasteiger partial charge is 0.489 e. The molecule has 0 aliphatic carbocycles. The third kappa shape index (κ3) is 3.95. The highest BCUT2D eigenvalue weighted by molar-refractivity contribution is 7.17. The summed E-state index contributed by atoms with van der Waals surface area (Å²) in [7, 11) is 0. The minimum absolute atomic E-state index is 0.0975. The molecule has 3 heterocycles. The van der Waals surface area contributed by atoms with Gasteiger partial charge in [0.1, 0.15) is 16.5 Å². The number of nitrogens with zero attached hydrogens (tertiary/aromatic N) is 1. The highest BCUT2D eigenvalue weighted by Crippen LogP contribution is 2.38. The van der Waals surface area contributed by atoms with Gasteiger partial charge in [-0.25, -0.2) is 9.78 Å². The second-order valence-corrected chi connectivity index (χ2v) is 8.16. The van der Waals surface area contributed by atoms with E-state index in [0.29, 0.717) is 40.3 Å². The van der Waals surface area contributed by atoms with Crippen molar-refractivity contribution in [1.82, 2.24) is 4.98 Å². The Morgan fingerprint density at radius 3 is 3.00 bits per heavy atom. The number of benzene rings is 1. The van der Waals surface area contributed by atoms with Gasteiger partial charge < -0.3 is 14.2 Å². The normalized spacial score (nSPS) is 13.3. The molecular weight excluding hydrogens is 406 g/mol. The zero-order chi connectivity index (χ0) is 18.8. The van der Waals surface area contributed by atoms with E-state index in [9.17, 15) is 4.79 Å². The maximum absolute atomic E-state index is 12.5. The van der Waals surface area contributed by atoms with Crippen LogP contribution in [-0.4, -0.2) is 24.2 Å². The zero-order valence-electron chi connectivity index (χ0n) is 14.5. The molecule has 0 unspecified atom stereocenters. The maximum Gasteiger partial charge on any atom is 0.350 e. The van der Waals surface area contributed by atoms with Crippen molar-refractivity contribution in [1.29, 1.82) is 0 Å². The molecule has 0 N–H and O–H groups in total. The van der Waals surface area contributed by atoms with E-state index in [1.807, 2.05) is 23.8 Å². The van der Waals surface area contributed by atoms with Gasteiger partial charge in [0.25, 0.3) is 0 Å². The summed E-state index contributed by atoms with van der Waals surface area (Å²) in [6.45, 7) is 3.05. The highest BCUT2D eigenvalue weighted by atomic mass is 35.5. The summed E-state index contributed by atoms with van der Waals surface area (Å²) < 4.78 is 16.8. The number of aromatic nitrogens is 1. The summed E-state index contributed by atoms with van der Waals surface area (Å²) in [6.07, 6.45) is 0.798. The predicted octanol–water partition coefficient (Wildman–Crippen LogP) is 5.35. The molecule has 0 bridgehead atoms. The number of esters is 1. The number of halogens is 1. The van der Waals surface area contributed by atoms with Crippen LogP contribution in [0, 0.1) is 6.92 Å². The first-order valence-electron chi connectivity index (χ1n) is 8.37. The number of carbonyl (C=O) groups excluding carboxylic acids is 1. The Labute approximate surface area is 169 Å². The van der Waals surface area contributed by atoms with Crippen LogP contribution in [-0.2, 0) is 11.3 Å². The lowest BCUT2D eigenvalue weighted by atomic mass is 10.2. The molecule has 0 radical (unpaired) electrons. The second kappa shape index (κ2) is 7.88. The Morgan fingerprint density at radius 1 is 1.33 bits per heavy atom. The van der Waals surface area contributed by atoms with Gasteiger partial charge in [0.05, 0.1) is 23.9 Å². The third-order valence-electron chi connectivity index (χ3n) is 3.98. The van der Waals surface area contributed by atoms with Gasteiger partial charge in [-0.2, -0.15) is 11.3 Å². The van der Waals surface area contributed by atoms with Crippen molar-refractivity contribution in [3.63, 3.8) is 0 Å². The Bertz CT molecular complexity index is 969. The average Bonchev–Trinajstić information content (AvgIpc) is 3.24. The van der Waals surface area contributed by atoms with Gasteiger partial charge >= 0.3 is 5.97 Å². The van der Waals surface area contributed by atoms with E-state index in [0.717, 1.165) is 22.6 Å². The second-order valence-electron chi connectivity index (χ2n) is 5.98. The molecule has 8 heteroatoms. The fourth-order valence-corrected chi connectivity index (χ4v) is 4.64. The smallest absolute Gasteiger partial charge is 0.350 e. The van der Waals surface area contributed by atoms with Crippen LogP contribution in [0.2, 0.25) is 5.02 Å². The summed E-state index contributed by atoms with van der Waals surface area (Å²) in [6, 6.07) is 5.52. The number of thiazole rings is 1. The number of carbonyl (C=O) groups is 1. The number of ether oxygens (including phenoxy) is 3. The molecule has 0 fully saturated rings. The molecule has 0 amide bonds. The Hall–Kier alpha value is -2.09. The van der Waals surface area contributed by atoms with Gasteiger partial charge in [-0.15, -0.1) is 11.3 Å². The quantitative estimate of drug-likeness (QED) is 0.531. The number of hydrogen-bond acceptors (Lipinski definition) is 7. The van der Waals surface area contributed by atoms with Crippen molar-refractivity contribution in [2.24, 2.45) is 0 Å². The van der Waals surface area contributed by atoms with E-state index in [4.69, 9.17) is 25.8 Å². The molecular formula is C19H16ClNO4S2. The van der Waals surface area contributed by atoms with E-state index in [-0.39, 0.29) is 6.61 Å². The first-order valence-corrected chi connectivity index (χ1v) is 10.5. The monoisotopic (exact) mass is 421 g/mol. The van der Waals surface area contributed by atoms with Gasteiger partial charge in [-0.05, 0) is 36.1 Å². The van der Waals surface area contributed by atoms with Crippen molar-refractivity contribution in [3.05, 3.63) is 50.1 Å². The maximum atomic E-state index is 12.5. The lowest BCUT2D eigenvalue weighted by molar-refractivity contribution is 0.0477. The van der Waals surface area contributed by atoms with Crippen LogP contribution in [0.15, 0.2) is 29.0 Å². The molecule has 140 valence electrons. The van der Waals surface area contributed by atoms with E-state index < -0.39 is 5.97 Å². The van der Waals surface area contributed by atoms with Crippen molar-refractivity contribution in [2.75, 3.05) is 13.2 Å². The number of fused-ring (bicyclic) bond motifs is 1. The molecule has 1 aromatic carbocycles. The summed E-state index contributed by atoms with van der Waals surface area (Å²) in [5.74, 6) is 0.734.